The van der Waals surface area contributed by atoms with Gasteiger partial charge in [-0.2, -0.15) is 0 Å². The van der Waals surface area contributed by atoms with Crippen LogP contribution < -0.4 is 4.74 Å². The average Bonchev–Trinajstić information content (AvgIpc) is 2.40. The second-order valence-electron chi connectivity index (χ2n) is 3.85. The van der Waals surface area contributed by atoms with E-state index < -0.39 is 0 Å². The number of fused-ring (bicyclic) bond motifs is 1. The lowest BCUT2D eigenvalue weighted by Gasteiger charge is -2.01. The largest absolute Gasteiger partial charge is 0.277 e. The Labute approximate surface area is 103 Å². The van der Waals surface area contributed by atoms with Crippen LogP contribution in [-0.4, -0.2) is 0 Å². The average molecular weight is 238 g/mol. The molecule has 0 aliphatic heterocycles. The topological polar surface area (TPSA) is 17.1 Å². The first kappa shape index (κ1) is 10.2. The Morgan fingerprint density at radius 2 is 1.53 bits per heavy atom. The van der Waals surface area contributed by atoms with Crippen molar-refractivity contribution >= 4 is 22.1 Å². The Hall–Kier alpha value is -1.93. The summed E-state index contributed by atoms with van der Waals surface area (Å²) in [5.41, 5.74) is 1.10. The molecule has 0 N–H and O–H groups in total. The van der Waals surface area contributed by atoms with Crippen LogP contribution >= 0.6 is 11.3 Å². The van der Waals surface area contributed by atoms with Gasteiger partial charge in [-0.25, -0.2) is 0 Å². The predicted octanol–water partition coefficient (Wildman–Crippen LogP) is 3.93. The molecule has 0 saturated carbocycles. The van der Waals surface area contributed by atoms with Gasteiger partial charge in [0.15, 0.2) is 0 Å². The van der Waals surface area contributed by atoms with Crippen molar-refractivity contribution in [2.45, 2.75) is 0 Å². The molecule has 1 heterocycles. The third-order valence-corrected chi connectivity index (χ3v) is 3.71. The minimum Gasteiger partial charge on any atom is -0.277 e. The minimum atomic E-state index is 0.127. The number of hydrogen-bond donors (Lipinski definition) is 0. The molecule has 2 heteroatoms. The van der Waals surface area contributed by atoms with E-state index in [1.807, 2.05) is 54.6 Å². The monoisotopic (exact) mass is 238 g/mol. The zero-order valence-corrected chi connectivity index (χ0v) is 9.91. The van der Waals surface area contributed by atoms with Crippen LogP contribution in [0.1, 0.15) is 0 Å². The SMILES string of the molecule is O=c1sc(-c2ccccc2)cc2ccccc12. The van der Waals surface area contributed by atoms with Gasteiger partial charge in [0.05, 0.1) is 0 Å². The van der Waals surface area contributed by atoms with E-state index in [0.717, 1.165) is 21.2 Å². The van der Waals surface area contributed by atoms with Crippen LogP contribution in [0.4, 0.5) is 0 Å². The first-order valence-corrected chi connectivity index (χ1v) is 6.24. The quantitative estimate of drug-likeness (QED) is 0.627. The molecule has 1 nitrogen and oxygen atoms in total. The van der Waals surface area contributed by atoms with Gasteiger partial charge >= 0.3 is 0 Å². The Kier molecular flexibility index (Phi) is 2.50. The molecular weight excluding hydrogens is 228 g/mol. The molecule has 0 atom stereocenters. The second kappa shape index (κ2) is 4.15. The summed E-state index contributed by atoms with van der Waals surface area (Å²) in [6.45, 7) is 0. The Morgan fingerprint density at radius 1 is 0.824 bits per heavy atom. The van der Waals surface area contributed by atoms with Gasteiger partial charge in [0, 0.05) is 10.3 Å². The van der Waals surface area contributed by atoms with Gasteiger partial charge in [-0.05, 0) is 23.1 Å². The maximum atomic E-state index is 12.0. The summed E-state index contributed by atoms with van der Waals surface area (Å²) < 4.78 is 0.127. The van der Waals surface area contributed by atoms with E-state index in [0.29, 0.717) is 0 Å². The van der Waals surface area contributed by atoms with Crippen molar-refractivity contribution in [2.24, 2.45) is 0 Å². The van der Waals surface area contributed by atoms with E-state index >= 15 is 0 Å². The van der Waals surface area contributed by atoms with Crippen LogP contribution in [0, 0.1) is 0 Å². The molecule has 0 aliphatic rings. The molecule has 2 aromatic carbocycles. The van der Waals surface area contributed by atoms with Crippen molar-refractivity contribution in [2.75, 3.05) is 0 Å². The van der Waals surface area contributed by atoms with Gasteiger partial charge in [-0.3, -0.25) is 4.79 Å². The molecule has 0 spiro atoms. The molecule has 1 aromatic heterocycles. The summed E-state index contributed by atoms with van der Waals surface area (Å²) in [6, 6.07) is 19.8. The Bertz CT molecular complexity index is 714. The molecule has 17 heavy (non-hydrogen) atoms. The zero-order valence-electron chi connectivity index (χ0n) is 9.09. The van der Waals surface area contributed by atoms with Gasteiger partial charge in [0.1, 0.15) is 0 Å². The summed E-state index contributed by atoms with van der Waals surface area (Å²) in [5.74, 6) is 0. The standard InChI is InChI=1S/C15H10OS/c16-15-13-9-5-4-8-12(13)10-14(17-15)11-6-2-1-3-7-11/h1-10H. The van der Waals surface area contributed by atoms with Gasteiger partial charge < -0.3 is 0 Å². The van der Waals surface area contributed by atoms with Crippen LogP contribution in [0.5, 0.6) is 0 Å². The van der Waals surface area contributed by atoms with Crippen molar-refractivity contribution < 1.29 is 0 Å². The van der Waals surface area contributed by atoms with Crippen molar-refractivity contribution in [3.63, 3.8) is 0 Å². The fourth-order valence-corrected chi connectivity index (χ4v) is 2.81. The van der Waals surface area contributed by atoms with Crippen molar-refractivity contribution in [3.8, 4) is 10.4 Å². The fraction of sp³-hybridized carbons (Fsp3) is 0. The normalized spacial score (nSPS) is 10.6. The van der Waals surface area contributed by atoms with Crippen LogP contribution in [0.3, 0.4) is 0 Å². The molecule has 0 bridgehead atoms. The molecule has 82 valence electrons. The second-order valence-corrected chi connectivity index (χ2v) is 4.87. The highest BCUT2D eigenvalue weighted by molar-refractivity contribution is 7.13. The predicted molar refractivity (Wildman–Crippen MR) is 73.5 cm³/mol. The van der Waals surface area contributed by atoms with E-state index in [1.54, 1.807) is 0 Å². The third kappa shape index (κ3) is 1.87. The molecule has 0 aliphatic carbocycles. The van der Waals surface area contributed by atoms with Gasteiger partial charge in [0.2, 0.25) is 4.74 Å². The first-order chi connectivity index (χ1) is 8.34. The third-order valence-electron chi connectivity index (χ3n) is 2.73. The van der Waals surface area contributed by atoms with E-state index in [1.165, 1.54) is 11.3 Å². The molecule has 0 radical (unpaired) electrons. The molecule has 3 aromatic rings. The van der Waals surface area contributed by atoms with E-state index in [-0.39, 0.29) is 4.74 Å². The molecular formula is C15H10OS. The van der Waals surface area contributed by atoms with Crippen molar-refractivity contribution in [3.05, 3.63) is 70.2 Å². The highest BCUT2D eigenvalue weighted by Gasteiger charge is 2.03. The Morgan fingerprint density at radius 3 is 2.35 bits per heavy atom. The lowest BCUT2D eigenvalue weighted by atomic mass is 10.1. The maximum absolute atomic E-state index is 12.0. The maximum Gasteiger partial charge on any atom is 0.240 e. The first-order valence-electron chi connectivity index (χ1n) is 5.43. The van der Waals surface area contributed by atoms with E-state index in [4.69, 9.17) is 0 Å². The lowest BCUT2D eigenvalue weighted by Crippen LogP contribution is -1.95. The van der Waals surface area contributed by atoms with Crippen LogP contribution in [0.15, 0.2) is 65.5 Å². The number of benzene rings is 2. The van der Waals surface area contributed by atoms with Crippen molar-refractivity contribution in [1.29, 1.82) is 0 Å². The number of hydrogen-bond acceptors (Lipinski definition) is 2. The minimum absolute atomic E-state index is 0.127. The summed E-state index contributed by atoms with van der Waals surface area (Å²) >= 11 is 1.30. The summed E-state index contributed by atoms with van der Waals surface area (Å²) in [5, 5.41) is 1.81. The summed E-state index contributed by atoms with van der Waals surface area (Å²) in [6.07, 6.45) is 0. The van der Waals surface area contributed by atoms with Crippen LogP contribution in [-0.2, 0) is 0 Å². The fourth-order valence-electron chi connectivity index (χ4n) is 1.88. The van der Waals surface area contributed by atoms with Gasteiger partial charge in [0.25, 0.3) is 0 Å². The molecule has 0 unspecified atom stereocenters. The zero-order chi connectivity index (χ0) is 11.7. The summed E-state index contributed by atoms with van der Waals surface area (Å²) in [7, 11) is 0. The number of rotatable bonds is 1. The lowest BCUT2D eigenvalue weighted by molar-refractivity contribution is 1.69. The highest BCUT2D eigenvalue weighted by Crippen LogP contribution is 2.25. The van der Waals surface area contributed by atoms with E-state index in [2.05, 4.69) is 6.07 Å². The van der Waals surface area contributed by atoms with E-state index in [9.17, 15) is 4.79 Å². The molecule has 0 saturated heterocycles. The van der Waals surface area contributed by atoms with Crippen molar-refractivity contribution in [1.82, 2.24) is 0 Å². The summed E-state index contributed by atoms with van der Waals surface area (Å²) in [4.78, 5) is 13.0. The Balaban J connectivity index is 2.30. The van der Waals surface area contributed by atoms with Gasteiger partial charge in [-0.1, -0.05) is 59.9 Å². The van der Waals surface area contributed by atoms with Crippen LogP contribution in [0.2, 0.25) is 0 Å². The molecule has 0 fully saturated rings. The van der Waals surface area contributed by atoms with Crippen LogP contribution in [0.25, 0.3) is 21.2 Å². The molecule has 0 amide bonds. The van der Waals surface area contributed by atoms with Gasteiger partial charge in [-0.15, -0.1) is 0 Å². The molecule has 3 rings (SSSR count). The smallest absolute Gasteiger partial charge is 0.240 e. The highest BCUT2D eigenvalue weighted by atomic mass is 32.1.